The standard InChI is InChI=1S/C13H19N3O3S/c1-9(2)5-12(8-17)16-20(18,19)13-4-3-11(15)6-10(13)7-14/h3-4,6,9,12,16-17H,5,8,15H2,1-2H3. The van der Waals surface area contributed by atoms with E-state index in [1.165, 1.54) is 18.2 Å². The molecule has 0 amide bonds. The summed E-state index contributed by atoms with van der Waals surface area (Å²) in [7, 11) is -3.86. The second kappa shape index (κ2) is 6.70. The van der Waals surface area contributed by atoms with Crippen LogP contribution in [0.1, 0.15) is 25.8 Å². The van der Waals surface area contributed by atoms with Crippen LogP contribution in [0.4, 0.5) is 5.69 Å². The fourth-order valence-corrected chi connectivity index (χ4v) is 3.26. The summed E-state index contributed by atoms with van der Waals surface area (Å²) in [6, 6.07) is 5.26. The van der Waals surface area contributed by atoms with Crippen LogP contribution >= 0.6 is 0 Å². The van der Waals surface area contributed by atoms with Crippen LogP contribution in [0, 0.1) is 17.2 Å². The Kier molecular flexibility index (Phi) is 5.51. The lowest BCUT2D eigenvalue weighted by Gasteiger charge is -2.18. The summed E-state index contributed by atoms with van der Waals surface area (Å²) < 4.78 is 26.9. The molecule has 1 atom stereocenters. The number of nitriles is 1. The van der Waals surface area contributed by atoms with Crippen LogP contribution in [0.25, 0.3) is 0 Å². The third-order valence-electron chi connectivity index (χ3n) is 2.71. The van der Waals surface area contributed by atoms with Gasteiger partial charge in [-0.15, -0.1) is 0 Å². The first-order chi connectivity index (χ1) is 9.30. The molecule has 0 aliphatic rings. The molecule has 110 valence electrons. The Bertz CT molecular complexity index is 606. The number of benzene rings is 1. The van der Waals surface area contributed by atoms with Gasteiger partial charge in [-0.1, -0.05) is 13.8 Å². The van der Waals surface area contributed by atoms with Gasteiger partial charge in [-0.25, -0.2) is 13.1 Å². The molecule has 7 heteroatoms. The molecule has 0 spiro atoms. The first kappa shape index (κ1) is 16.4. The molecule has 0 fully saturated rings. The molecule has 0 aliphatic carbocycles. The van der Waals surface area contributed by atoms with Gasteiger partial charge < -0.3 is 10.8 Å². The van der Waals surface area contributed by atoms with Gasteiger partial charge in [-0.2, -0.15) is 5.26 Å². The zero-order chi connectivity index (χ0) is 15.3. The van der Waals surface area contributed by atoms with Crippen LogP contribution in [-0.2, 0) is 10.0 Å². The number of nitrogens with two attached hydrogens (primary N) is 1. The molecule has 0 saturated carbocycles. The van der Waals surface area contributed by atoms with Crippen molar-refractivity contribution in [3.8, 4) is 6.07 Å². The van der Waals surface area contributed by atoms with Crippen molar-refractivity contribution in [3.63, 3.8) is 0 Å². The number of nitrogens with zero attached hydrogens (tertiary/aromatic N) is 1. The van der Waals surface area contributed by atoms with Crippen molar-refractivity contribution in [3.05, 3.63) is 23.8 Å². The minimum atomic E-state index is -3.86. The molecular formula is C13H19N3O3S. The number of rotatable bonds is 6. The molecule has 0 bridgehead atoms. The van der Waals surface area contributed by atoms with E-state index in [1.807, 2.05) is 19.9 Å². The normalized spacial score (nSPS) is 13.2. The van der Waals surface area contributed by atoms with Gasteiger partial charge in [-0.3, -0.25) is 0 Å². The second-order valence-electron chi connectivity index (χ2n) is 5.00. The van der Waals surface area contributed by atoms with Crippen LogP contribution in [0.2, 0.25) is 0 Å². The Balaban J connectivity index is 3.08. The van der Waals surface area contributed by atoms with Crippen LogP contribution < -0.4 is 10.5 Å². The summed E-state index contributed by atoms with van der Waals surface area (Å²) in [5.41, 5.74) is 5.84. The minimum absolute atomic E-state index is 0.0151. The number of nitrogens with one attached hydrogen (secondary N) is 1. The van der Waals surface area contributed by atoms with Gasteiger partial charge in [0, 0.05) is 11.7 Å². The van der Waals surface area contributed by atoms with E-state index in [1.54, 1.807) is 0 Å². The van der Waals surface area contributed by atoms with E-state index in [2.05, 4.69) is 4.72 Å². The predicted octanol–water partition coefficient (Wildman–Crippen LogP) is 0.826. The molecule has 0 saturated heterocycles. The zero-order valence-corrected chi connectivity index (χ0v) is 12.3. The van der Waals surface area contributed by atoms with Crippen LogP contribution in [0.15, 0.2) is 23.1 Å². The Morgan fingerprint density at radius 3 is 2.60 bits per heavy atom. The molecule has 0 radical (unpaired) electrons. The number of hydrogen-bond donors (Lipinski definition) is 3. The van der Waals surface area contributed by atoms with Crippen molar-refractivity contribution in [1.82, 2.24) is 4.72 Å². The summed E-state index contributed by atoms with van der Waals surface area (Å²) in [6.45, 7) is 3.57. The number of aliphatic hydroxyl groups is 1. The largest absolute Gasteiger partial charge is 0.399 e. The fraction of sp³-hybridized carbons (Fsp3) is 0.462. The maximum Gasteiger partial charge on any atom is 0.242 e. The lowest BCUT2D eigenvalue weighted by molar-refractivity contribution is 0.240. The van der Waals surface area contributed by atoms with Crippen LogP contribution in [-0.4, -0.2) is 26.2 Å². The topological polar surface area (TPSA) is 116 Å². The number of sulfonamides is 1. The highest BCUT2D eigenvalue weighted by atomic mass is 32.2. The lowest BCUT2D eigenvalue weighted by atomic mass is 10.1. The maximum atomic E-state index is 12.3. The number of hydrogen-bond acceptors (Lipinski definition) is 5. The van der Waals surface area contributed by atoms with Gasteiger partial charge in [0.1, 0.15) is 6.07 Å². The SMILES string of the molecule is CC(C)CC(CO)NS(=O)(=O)c1ccc(N)cc1C#N. The van der Waals surface area contributed by atoms with E-state index in [-0.39, 0.29) is 23.0 Å². The summed E-state index contributed by atoms with van der Waals surface area (Å²) in [6.07, 6.45) is 0.507. The van der Waals surface area contributed by atoms with Crippen molar-refractivity contribution in [2.75, 3.05) is 12.3 Å². The molecule has 0 heterocycles. The van der Waals surface area contributed by atoms with Gasteiger partial charge in [0.15, 0.2) is 0 Å². The number of nitrogen functional groups attached to an aromatic ring is 1. The first-order valence-electron chi connectivity index (χ1n) is 6.23. The van der Waals surface area contributed by atoms with Gasteiger partial charge in [0.2, 0.25) is 10.0 Å². The molecule has 4 N–H and O–H groups in total. The maximum absolute atomic E-state index is 12.3. The average molecular weight is 297 g/mol. The lowest BCUT2D eigenvalue weighted by Crippen LogP contribution is -2.38. The molecule has 1 unspecified atom stereocenters. The van der Waals surface area contributed by atoms with Gasteiger partial charge in [0.05, 0.1) is 17.1 Å². The number of anilines is 1. The van der Waals surface area contributed by atoms with E-state index in [0.29, 0.717) is 12.1 Å². The van der Waals surface area contributed by atoms with Crippen molar-refractivity contribution in [2.24, 2.45) is 5.92 Å². The van der Waals surface area contributed by atoms with E-state index in [0.717, 1.165) is 0 Å². The highest BCUT2D eigenvalue weighted by molar-refractivity contribution is 7.89. The molecule has 1 aromatic rings. The Hall–Kier alpha value is -1.62. The molecule has 20 heavy (non-hydrogen) atoms. The van der Waals surface area contributed by atoms with Gasteiger partial charge in [0.25, 0.3) is 0 Å². The van der Waals surface area contributed by atoms with Gasteiger partial charge >= 0.3 is 0 Å². The average Bonchev–Trinajstić information content (AvgIpc) is 2.36. The molecule has 0 aromatic heterocycles. The quantitative estimate of drug-likeness (QED) is 0.672. The van der Waals surface area contributed by atoms with Crippen LogP contribution in [0.5, 0.6) is 0 Å². The second-order valence-corrected chi connectivity index (χ2v) is 6.68. The Morgan fingerprint density at radius 1 is 1.45 bits per heavy atom. The summed E-state index contributed by atoms with van der Waals surface area (Å²) in [5, 5.41) is 18.2. The van der Waals surface area contributed by atoms with Crippen molar-refractivity contribution in [2.45, 2.75) is 31.2 Å². The third kappa shape index (κ3) is 4.20. The highest BCUT2D eigenvalue weighted by Crippen LogP contribution is 2.19. The Labute approximate surface area is 119 Å². The molecule has 1 rings (SSSR count). The van der Waals surface area contributed by atoms with E-state index < -0.39 is 16.1 Å². The highest BCUT2D eigenvalue weighted by Gasteiger charge is 2.23. The zero-order valence-electron chi connectivity index (χ0n) is 11.5. The predicted molar refractivity (Wildman–Crippen MR) is 76.2 cm³/mol. The van der Waals surface area contributed by atoms with E-state index in [4.69, 9.17) is 11.0 Å². The summed E-state index contributed by atoms with van der Waals surface area (Å²) >= 11 is 0. The summed E-state index contributed by atoms with van der Waals surface area (Å²) in [5.74, 6) is 0.233. The monoisotopic (exact) mass is 297 g/mol. The van der Waals surface area contributed by atoms with Crippen molar-refractivity contribution in [1.29, 1.82) is 5.26 Å². The van der Waals surface area contributed by atoms with Crippen LogP contribution in [0.3, 0.4) is 0 Å². The van der Waals surface area contributed by atoms with E-state index in [9.17, 15) is 13.5 Å². The van der Waals surface area contributed by atoms with E-state index >= 15 is 0 Å². The molecule has 6 nitrogen and oxygen atoms in total. The molecule has 0 aliphatic heterocycles. The first-order valence-corrected chi connectivity index (χ1v) is 7.71. The molecular weight excluding hydrogens is 278 g/mol. The Morgan fingerprint density at radius 2 is 2.10 bits per heavy atom. The fourth-order valence-electron chi connectivity index (χ4n) is 1.88. The van der Waals surface area contributed by atoms with Crippen molar-refractivity contribution >= 4 is 15.7 Å². The third-order valence-corrected chi connectivity index (χ3v) is 4.29. The van der Waals surface area contributed by atoms with Gasteiger partial charge in [-0.05, 0) is 30.5 Å². The minimum Gasteiger partial charge on any atom is -0.399 e. The van der Waals surface area contributed by atoms with Crippen molar-refractivity contribution < 1.29 is 13.5 Å². The smallest absolute Gasteiger partial charge is 0.242 e. The summed E-state index contributed by atoms with van der Waals surface area (Å²) in [4.78, 5) is -0.128. The molecule has 1 aromatic carbocycles. The number of aliphatic hydroxyl groups excluding tert-OH is 1.